The molecule has 2 heterocycles. The van der Waals surface area contributed by atoms with E-state index in [1.54, 1.807) is 13.8 Å². The Kier molecular flexibility index (Phi) is 4.44. The number of hydrogen-bond acceptors (Lipinski definition) is 7. The van der Waals surface area contributed by atoms with Gasteiger partial charge in [-0.3, -0.25) is 14.2 Å². The van der Waals surface area contributed by atoms with Gasteiger partial charge in [0, 0.05) is 12.6 Å². The lowest BCUT2D eigenvalue weighted by Gasteiger charge is -2.41. The Balaban J connectivity index is 1.72. The van der Waals surface area contributed by atoms with Crippen LogP contribution in [0.25, 0.3) is 0 Å². The summed E-state index contributed by atoms with van der Waals surface area (Å²) in [5, 5.41) is 0.616. The van der Waals surface area contributed by atoms with Gasteiger partial charge in [0.05, 0.1) is 6.04 Å². The quantitative estimate of drug-likeness (QED) is 0.414. The fourth-order valence-electron chi connectivity index (χ4n) is 3.43. The normalized spacial score (nSPS) is 34.0. The van der Waals surface area contributed by atoms with Crippen LogP contribution in [0.4, 0.5) is 4.79 Å². The maximum atomic E-state index is 12.5. The van der Waals surface area contributed by atoms with Crippen molar-refractivity contribution in [3.8, 4) is 0 Å². The van der Waals surface area contributed by atoms with Crippen LogP contribution in [-0.2, 0) is 24.3 Å². The predicted molar refractivity (Wildman–Crippen MR) is 82.8 cm³/mol. The van der Waals surface area contributed by atoms with E-state index in [0.717, 1.165) is 12.8 Å². The van der Waals surface area contributed by atoms with E-state index in [9.17, 15) is 18.0 Å². The minimum Gasteiger partial charge on any atom is -0.325 e. The number of piperidine rings is 1. The van der Waals surface area contributed by atoms with Gasteiger partial charge in [-0.25, -0.2) is 10.3 Å². The second-order valence-electron chi connectivity index (χ2n) is 7.35. The highest BCUT2D eigenvalue weighted by Gasteiger charge is 2.57. The monoisotopic (exact) mass is 378 g/mol. The number of hydrogen-bond donors (Lipinski definition) is 3. The molecule has 0 spiro atoms. The molecule has 3 rings (SSSR count). The Morgan fingerprint density at radius 2 is 2.08 bits per heavy atom. The average Bonchev–Trinajstić information content (AvgIpc) is 2.76. The van der Waals surface area contributed by atoms with Crippen LogP contribution in [0.15, 0.2) is 0 Å². The van der Waals surface area contributed by atoms with Gasteiger partial charge in [0.25, 0.3) is 5.91 Å². The molecule has 2 bridgehead atoms. The zero-order valence-corrected chi connectivity index (χ0v) is 14.7. The van der Waals surface area contributed by atoms with Crippen LogP contribution < -0.4 is 11.2 Å². The Morgan fingerprint density at radius 3 is 2.60 bits per heavy atom. The highest BCUT2D eigenvalue weighted by molar-refractivity contribution is 7.80. The topological polar surface area (TPSA) is 151 Å². The molecule has 0 aromatic heterocycles. The number of rotatable bonds is 5. The first kappa shape index (κ1) is 18.3. The van der Waals surface area contributed by atoms with Gasteiger partial charge in [0.1, 0.15) is 12.1 Å². The maximum absolute atomic E-state index is 12.5. The van der Waals surface area contributed by atoms with E-state index < -0.39 is 39.8 Å². The van der Waals surface area contributed by atoms with Crippen LogP contribution in [0.2, 0.25) is 0 Å². The lowest BCUT2D eigenvalue weighted by atomic mass is 9.76. The lowest BCUT2D eigenvalue weighted by molar-refractivity contribution is -0.151. The summed E-state index contributed by atoms with van der Waals surface area (Å²) in [6.45, 7) is 3.68. The van der Waals surface area contributed by atoms with E-state index in [4.69, 9.17) is 15.1 Å². The van der Waals surface area contributed by atoms with Gasteiger partial charge in [-0.1, -0.05) is 13.8 Å². The average molecular weight is 378 g/mol. The molecule has 2 aliphatic heterocycles. The van der Waals surface area contributed by atoms with Crippen LogP contribution in [0, 0.1) is 5.41 Å². The third kappa shape index (κ3) is 3.44. The highest BCUT2D eigenvalue weighted by atomic mass is 32.3. The van der Waals surface area contributed by atoms with Crippen LogP contribution in [0.3, 0.4) is 0 Å². The zero-order valence-electron chi connectivity index (χ0n) is 13.9. The third-order valence-electron chi connectivity index (χ3n) is 5.13. The summed E-state index contributed by atoms with van der Waals surface area (Å²) >= 11 is 0. The second-order valence-corrected chi connectivity index (χ2v) is 8.36. The van der Waals surface area contributed by atoms with Crippen molar-refractivity contribution in [3.05, 3.63) is 0 Å². The van der Waals surface area contributed by atoms with Crippen molar-refractivity contribution in [2.24, 2.45) is 11.1 Å². The van der Waals surface area contributed by atoms with E-state index in [1.165, 1.54) is 4.90 Å². The number of carbonyl (C=O) groups is 2. The summed E-state index contributed by atoms with van der Waals surface area (Å²) in [7, 11) is -4.85. The summed E-state index contributed by atoms with van der Waals surface area (Å²) < 4.78 is 35.3. The van der Waals surface area contributed by atoms with Gasteiger partial charge < -0.3 is 10.6 Å². The first-order valence-corrected chi connectivity index (χ1v) is 9.34. The maximum Gasteiger partial charge on any atom is 0.418 e. The van der Waals surface area contributed by atoms with Gasteiger partial charge in [0.2, 0.25) is 0 Å². The Morgan fingerprint density at radius 1 is 1.40 bits per heavy atom. The zero-order chi connectivity index (χ0) is 18.6. The van der Waals surface area contributed by atoms with E-state index in [0.29, 0.717) is 5.06 Å². The molecule has 4 atom stereocenters. The van der Waals surface area contributed by atoms with Gasteiger partial charge in [0.15, 0.2) is 0 Å². The van der Waals surface area contributed by atoms with Gasteiger partial charge in [-0.15, -0.1) is 4.28 Å². The molecule has 0 aromatic carbocycles. The van der Waals surface area contributed by atoms with E-state index in [1.807, 2.05) is 0 Å². The Hall–Kier alpha value is -1.47. The molecule has 12 heteroatoms. The number of carbonyl (C=O) groups excluding carboxylic acids is 2. The first-order chi connectivity index (χ1) is 11.5. The van der Waals surface area contributed by atoms with Crippen molar-refractivity contribution in [3.63, 3.8) is 0 Å². The number of fused-ring (bicyclic) bond motifs is 2. The largest absolute Gasteiger partial charge is 0.418 e. The molecule has 4 N–H and O–H groups in total. The summed E-state index contributed by atoms with van der Waals surface area (Å²) in [6, 6.07) is -2.38. The number of urea groups is 1. The number of nitrogens with one attached hydrogen (secondary N) is 1. The minimum atomic E-state index is -4.85. The van der Waals surface area contributed by atoms with Gasteiger partial charge in [-0.05, 0) is 24.7 Å². The fraction of sp³-hybridized carbons (Fsp3) is 0.846. The van der Waals surface area contributed by atoms with Crippen LogP contribution >= 0.6 is 0 Å². The van der Waals surface area contributed by atoms with Crippen molar-refractivity contribution in [2.45, 2.75) is 57.3 Å². The number of nitrogens with two attached hydrogens (primary N) is 1. The van der Waals surface area contributed by atoms with Crippen LogP contribution in [0.1, 0.15) is 33.1 Å². The molecule has 3 amide bonds. The lowest BCUT2D eigenvalue weighted by Crippen LogP contribution is -2.56. The summed E-state index contributed by atoms with van der Waals surface area (Å²) in [5.74, 6) is -0.507. The fourth-order valence-corrected chi connectivity index (χ4v) is 3.80. The standard InChI is InChI=1S/C13H22N4O7S/c1-13(2)5-8(11(18)15-23-9-4-3-7(9)14)16-6-10(13)17(12(16)19)24-25(20,21)22/h7-10H,3-6,14H2,1-2H3,(H,15,18)(H,20,21,22)/t7?,8-,9?,10?/m0/s1. The molecule has 142 valence electrons. The molecular formula is C13H22N4O7S. The molecule has 3 aliphatic rings. The van der Waals surface area contributed by atoms with Crippen LogP contribution in [-0.4, -0.2) is 65.6 Å². The predicted octanol–water partition coefficient (Wildman–Crippen LogP) is -0.837. The summed E-state index contributed by atoms with van der Waals surface area (Å²) in [4.78, 5) is 31.4. The molecule has 25 heavy (non-hydrogen) atoms. The molecule has 11 nitrogen and oxygen atoms in total. The summed E-state index contributed by atoms with van der Waals surface area (Å²) in [5.41, 5.74) is 7.47. The molecule has 3 unspecified atom stereocenters. The smallest absolute Gasteiger partial charge is 0.325 e. The molecule has 1 aliphatic carbocycles. The summed E-state index contributed by atoms with van der Waals surface area (Å²) in [6.07, 6.45) is 1.60. The second kappa shape index (κ2) is 6.06. The van der Waals surface area contributed by atoms with Gasteiger partial charge >= 0.3 is 16.4 Å². The van der Waals surface area contributed by atoms with Crippen molar-refractivity contribution < 1.29 is 31.7 Å². The number of hydroxylamine groups is 3. The van der Waals surface area contributed by atoms with Crippen LogP contribution in [0.5, 0.6) is 0 Å². The number of nitrogens with zero attached hydrogens (tertiary/aromatic N) is 2. The van der Waals surface area contributed by atoms with Gasteiger partial charge in [-0.2, -0.15) is 13.5 Å². The van der Waals surface area contributed by atoms with Crippen molar-refractivity contribution in [1.29, 1.82) is 0 Å². The van der Waals surface area contributed by atoms with E-state index >= 15 is 0 Å². The molecule has 0 aromatic rings. The SMILES string of the molecule is CC1(C)C[C@@H](C(=O)NOC2CCC2N)N2CC1N(OS(=O)(=O)O)C2=O. The Labute approximate surface area is 145 Å². The van der Waals surface area contributed by atoms with Crippen molar-refractivity contribution >= 4 is 22.3 Å². The van der Waals surface area contributed by atoms with E-state index in [-0.39, 0.29) is 25.1 Å². The Bertz CT molecular complexity index is 682. The van der Waals surface area contributed by atoms with Crippen molar-refractivity contribution in [2.75, 3.05) is 6.54 Å². The molecule has 1 saturated carbocycles. The first-order valence-electron chi connectivity index (χ1n) is 7.97. The third-order valence-corrected chi connectivity index (χ3v) is 5.48. The minimum absolute atomic E-state index is 0.0996. The molecular weight excluding hydrogens is 356 g/mol. The highest BCUT2D eigenvalue weighted by Crippen LogP contribution is 2.42. The molecule has 0 radical (unpaired) electrons. The van der Waals surface area contributed by atoms with Crippen molar-refractivity contribution in [1.82, 2.24) is 15.4 Å². The molecule has 3 fully saturated rings. The number of amides is 3. The van der Waals surface area contributed by atoms with E-state index in [2.05, 4.69) is 9.76 Å². The molecule has 2 saturated heterocycles.